The van der Waals surface area contributed by atoms with E-state index in [1.165, 1.54) is 15.9 Å². The summed E-state index contributed by atoms with van der Waals surface area (Å²) in [5.41, 5.74) is 5.58. The Kier molecular flexibility index (Phi) is 6.07. The van der Waals surface area contributed by atoms with Gasteiger partial charge in [0.05, 0.1) is 24.0 Å². The maximum absolute atomic E-state index is 13.1. The molecule has 5 rings (SSSR count). The average molecular weight is 489 g/mol. The van der Waals surface area contributed by atoms with Crippen LogP contribution in [-0.2, 0) is 16.1 Å². The number of likely N-dealkylation sites (tertiary alicyclic amines) is 2. The summed E-state index contributed by atoms with van der Waals surface area (Å²) in [5.74, 6) is 0.763. The first-order chi connectivity index (χ1) is 16.4. The van der Waals surface area contributed by atoms with Crippen molar-refractivity contribution in [1.29, 1.82) is 0 Å². The van der Waals surface area contributed by atoms with E-state index in [0.717, 1.165) is 25.9 Å². The topological polar surface area (TPSA) is 124 Å². The summed E-state index contributed by atoms with van der Waals surface area (Å²) in [4.78, 5) is 44.6. The minimum Gasteiger partial charge on any atom is -0.454 e. The molecular weight excluding hydrogens is 458 g/mol. The lowest BCUT2D eigenvalue weighted by molar-refractivity contribution is -0.948. The number of fused-ring (bicyclic) bond motifs is 2. The SMILES string of the molecule is NC(=O)C1([NH+]2CCCCC2)CCN(C(=O)CCn2c(=S)[nH]c3cc4c(cc3c2=O)OCO4)CC1. The molecule has 2 saturated heterocycles. The molecule has 0 radical (unpaired) electrons. The summed E-state index contributed by atoms with van der Waals surface area (Å²) < 4.78 is 12.4. The Morgan fingerprint density at radius 3 is 2.47 bits per heavy atom. The van der Waals surface area contributed by atoms with E-state index in [-0.39, 0.29) is 41.9 Å². The lowest BCUT2D eigenvalue weighted by atomic mass is 9.83. The molecule has 4 N–H and O–H groups in total. The Balaban J connectivity index is 1.27. The number of benzene rings is 1. The Labute approximate surface area is 201 Å². The molecule has 3 aliphatic rings. The molecule has 34 heavy (non-hydrogen) atoms. The van der Waals surface area contributed by atoms with Crippen molar-refractivity contribution in [2.75, 3.05) is 33.0 Å². The Morgan fingerprint density at radius 1 is 1.12 bits per heavy atom. The van der Waals surface area contributed by atoms with Gasteiger partial charge in [-0.3, -0.25) is 19.0 Å². The van der Waals surface area contributed by atoms with Gasteiger partial charge in [-0.2, -0.15) is 0 Å². The van der Waals surface area contributed by atoms with E-state index in [2.05, 4.69) is 4.98 Å². The molecule has 0 saturated carbocycles. The number of hydrogen-bond donors (Lipinski definition) is 3. The Bertz CT molecular complexity index is 1240. The predicted molar refractivity (Wildman–Crippen MR) is 126 cm³/mol. The van der Waals surface area contributed by atoms with Crippen LogP contribution in [0.2, 0.25) is 0 Å². The highest BCUT2D eigenvalue weighted by molar-refractivity contribution is 7.71. The number of nitrogens with one attached hydrogen (secondary N) is 2. The standard InChI is InChI=1S/C23H29N5O5S/c24-21(31)23(27-7-2-1-3-8-27)5-10-26(11-6-23)19(29)4-9-28-20(30)15-12-17-18(33-14-32-17)13-16(15)25-22(28)34/h12-13H,1-11,14H2,(H2,24,31)(H,25,34)/p+1. The van der Waals surface area contributed by atoms with Gasteiger partial charge in [-0.25, -0.2) is 0 Å². The number of quaternary nitrogens is 1. The van der Waals surface area contributed by atoms with Crippen molar-refractivity contribution in [3.63, 3.8) is 0 Å². The van der Waals surface area contributed by atoms with Crippen LogP contribution in [0.25, 0.3) is 10.9 Å². The van der Waals surface area contributed by atoms with Gasteiger partial charge in [-0.1, -0.05) is 0 Å². The third-order valence-electron chi connectivity index (χ3n) is 7.60. The van der Waals surface area contributed by atoms with Crippen molar-refractivity contribution in [3.8, 4) is 11.5 Å². The number of aromatic nitrogens is 2. The van der Waals surface area contributed by atoms with E-state index < -0.39 is 5.54 Å². The zero-order chi connectivity index (χ0) is 23.9. The number of carbonyl (C=O) groups excluding carboxylic acids is 2. The van der Waals surface area contributed by atoms with Crippen molar-refractivity contribution in [1.82, 2.24) is 14.5 Å². The second-order valence-electron chi connectivity index (χ2n) is 9.38. The van der Waals surface area contributed by atoms with Crippen molar-refractivity contribution in [2.24, 2.45) is 5.73 Å². The van der Waals surface area contributed by atoms with Gasteiger partial charge in [0.25, 0.3) is 11.5 Å². The zero-order valence-corrected chi connectivity index (χ0v) is 19.9. The number of H-pyrrole nitrogens is 1. The fraction of sp³-hybridized carbons (Fsp3) is 0.565. The van der Waals surface area contributed by atoms with Gasteiger partial charge in [-0.15, -0.1) is 0 Å². The van der Waals surface area contributed by atoms with E-state index in [9.17, 15) is 14.4 Å². The molecule has 0 aliphatic carbocycles. The molecule has 2 fully saturated rings. The van der Waals surface area contributed by atoms with E-state index >= 15 is 0 Å². The first-order valence-electron chi connectivity index (χ1n) is 11.9. The number of rotatable bonds is 5. The van der Waals surface area contributed by atoms with Crippen molar-refractivity contribution in [3.05, 3.63) is 27.3 Å². The molecule has 11 heteroatoms. The molecule has 2 amide bonds. The molecule has 3 aliphatic heterocycles. The fourth-order valence-corrected chi connectivity index (χ4v) is 5.86. The van der Waals surface area contributed by atoms with E-state index in [1.807, 2.05) is 0 Å². The zero-order valence-electron chi connectivity index (χ0n) is 19.1. The summed E-state index contributed by atoms with van der Waals surface area (Å²) in [6.45, 7) is 3.19. The molecule has 0 unspecified atom stereocenters. The van der Waals surface area contributed by atoms with Gasteiger partial charge >= 0.3 is 0 Å². The number of nitrogens with zero attached hydrogens (tertiary/aromatic N) is 2. The van der Waals surface area contributed by atoms with Gasteiger partial charge in [0, 0.05) is 45.0 Å². The van der Waals surface area contributed by atoms with Crippen LogP contribution < -0.4 is 25.7 Å². The number of aromatic amines is 1. The highest BCUT2D eigenvalue weighted by atomic mass is 32.1. The molecule has 0 spiro atoms. The Morgan fingerprint density at radius 2 is 1.79 bits per heavy atom. The van der Waals surface area contributed by atoms with Crippen molar-refractivity contribution >= 4 is 34.9 Å². The number of amides is 2. The Hall–Kier alpha value is -2.92. The number of primary amides is 1. The van der Waals surface area contributed by atoms with Crippen LogP contribution in [0.1, 0.15) is 38.5 Å². The molecule has 0 atom stereocenters. The maximum Gasteiger partial charge on any atom is 0.278 e. The molecule has 0 bridgehead atoms. The smallest absolute Gasteiger partial charge is 0.278 e. The number of carbonyl (C=O) groups is 2. The van der Waals surface area contributed by atoms with E-state index in [1.54, 1.807) is 17.0 Å². The minimum absolute atomic E-state index is 0.0567. The van der Waals surface area contributed by atoms with E-state index in [4.69, 9.17) is 27.4 Å². The molecule has 1 aromatic heterocycles. The number of piperidine rings is 2. The number of hydrogen-bond acceptors (Lipinski definition) is 6. The lowest BCUT2D eigenvalue weighted by Crippen LogP contribution is -3.22. The van der Waals surface area contributed by atoms with Gasteiger partial charge in [-0.05, 0) is 37.5 Å². The third kappa shape index (κ3) is 3.96. The van der Waals surface area contributed by atoms with Gasteiger partial charge < -0.3 is 30.0 Å². The molecule has 1 aromatic carbocycles. The second kappa shape index (κ2) is 9.03. The number of ether oxygens (including phenoxy) is 2. The van der Waals surface area contributed by atoms with Gasteiger partial charge in [0.15, 0.2) is 21.8 Å². The quantitative estimate of drug-likeness (QED) is 0.513. The van der Waals surface area contributed by atoms with Crippen LogP contribution in [0.15, 0.2) is 16.9 Å². The summed E-state index contributed by atoms with van der Waals surface area (Å²) in [7, 11) is 0. The number of nitrogens with two attached hydrogens (primary N) is 1. The molecule has 2 aromatic rings. The van der Waals surface area contributed by atoms with Crippen LogP contribution >= 0.6 is 12.2 Å². The van der Waals surface area contributed by atoms with Crippen LogP contribution in [0.3, 0.4) is 0 Å². The lowest BCUT2D eigenvalue weighted by Gasteiger charge is -2.45. The van der Waals surface area contributed by atoms with Crippen LogP contribution in [0.4, 0.5) is 0 Å². The van der Waals surface area contributed by atoms with Crippen LogP contribution in [-0.4, -0.2) is 64.8 Å². The van der Waals surface area contributed by atoms with Crippen LogP contribution in [0.5, 0.6) is 11.5 Å². The largest absolute Gasteiger partial charge is 0.454 e. The summed E-state index contributed by atoms with van der Waals surface area (Å²) in [5, 5.41) is 0.430. The predicted octanol–water partition coefficient (Wildman–Crippen LogP) is 0.0932. The first-order valence-corrected chi connectivity index (χ1v) is 12.3. The van der Waals surface area contributed by atoms with Crippen molar-refractivity contribution < 1.29 is 24.0 Å². The highest BCUT2D eigenvalue weighted by Gasteiger charge is 2.49. The molecule has 182 valence electrons. The summed E-state index contributed by atoms with van der Waals surface area (Å²) in [6, 6.07) is 3.34. The van der Waals surface area contributed by atoms with E-state index in [0.29, 0.717) is 48.3 Å². The maximum atomic E-state index is 13.1. The summed E-state index contributed by atoms with van der Waals surface area (Å²) in [6.07, 6.45) is 4.71. The fourth-order valence-electron chi connectivity index (χ4n) is 5.58. The third-order valence-corrected chi connectivity index (χ3v) is 7.92. The molecule has 4 heterocycles. The van der Waals surface area contributed by atoms with Crippen molar-refractivity contribution in [2.45, 2.75) is 50.6 Å². The van der Waals surface area contributed by atoms with Gasteiger partial charge in [0.2, 0.25) is 12.7 Å². The first kappa shape index (κ1) is 22.9. The molecular formula is C23H30N5O5S+. The van der Waals surface area contributed by atoms with Crippen LogP contribution in [0, 0.1) is 4.77 Å². The normalized spacial score (nSPS) is 19.9. The summed E-state index contributed by atoms with van der Waals surface area (Å²) >= 11 is 5.39. The highest BCUT2D eigenvalue weighted by Crippen LogP contribution is 2.34. The van der Waals surface area contributed by atoms with Gasteiger partial charge in [0.1, 0.15) is 0 Å². The monoisotopic (exact) mass is 488 g/mol. The molecule has 10 nitrogen and oxygen atoms in total. The average Bonchev–Trinajstić information content (AvgIpc) is 3.30. The second-order valence-corrected chi connectivity index (χ2v) is 9.77. The minimum atomic E-state index is -0.582.